The lowest BCUT2D eigenvalue weighted by atomic mass is 10.1. The van der Waals surface area contributed by atoms with E-state index in [2.05, 4.69) is 4.98 Å². The van der Waals surface area contributed by atoms with Gasteiger partial charge in [0.15, 0.2) is 0 Å². The van der Waals surface area contributed by atoms with Crippen molar-refractivity contribution in [3.8, 4) is 6.07 Å². The Morgan fingerprint density at radius 3 is 2.94 bits per heavy atom. The predicted molar refractivity (Wildman–Crippen MR) is 59.6 cm³/mol. The quantitative estimate of drug-likeness (QED) is 0.777. The fourth-order valence-corrected chi connectivity index (χ4v) is 1.55. The lowest BCUT2D eigenvalue weighted by Crippen LogP contribution is -1.86. The minimum Gasteiger partial charge on any atom is -0.478 e. The van der Waals surface area contributed by atoms with E-state index in [0.717, 1.165) is 6.08 Å². The summed E-state index contributed by atoms with van der Waals surface area (Å²) in [6.45, 7) is 0. The topological polar surface area (TPSA) is 76.9 Å². The van der Waals surface area contributed by atoms with Gasteiger partial charge in [-0.15, -0.1) is 0 Å². The number of aliphatic carboxylic acids is 1. The molecule has 1 aromatic heterocycles. The van der Waals surface area contributed by atoms with Crippen LogP contribution < -0.4 is 0 Å². The summed E-state index contributed by atoms with van der Waals surface area (Å²) in [5.74, 6) is -1.70. The van der Waals surface area contributed by atoms with Crippen molar-refractivity contribution in [3.05, 3.63) is 41.3 Å². The molecule has 1 heterocycles. The Morgan fingerprint density at radius 2 is 2.29 bits per heavy atom. The van der Waals surface area contributed by atoms with Crippen LogP contribution in [0.1, 0.15) is 11.1 Å². The molecule has 84 valence electrons. The second kappa shape index (κ2) is 4.10. The Morgan fingerprint density at radius 1 is 1.53 bits per heavy atom. The van der Waals surface area contributed by atoms with Crippen molar-refractivity contribution in [1.82, 2.24) is 4.98 Å². The monoisotopic (exact) mass is 230 g/mol. The van der Waals surface area contributed by atoms with Crippen molar-refractivity contribution >= 4 is 22.9 Å². The van der Waals surface area contributed by atoms with Crippen molar-refractivity contribution in [2.24, 2.45) is 0 Å². The minimum atomic E-state index is -1.08. The molecule has 0 aliphatic rings. The lowest BCUT2D eigenvalue weighted by Gasteiger charge is -1.95. The number of nitriles is 1. The van der Waals surface area contributed by atoms with Gasteiger partial charge in [0.1, 0.15) is 11.9 Å². The first kappa shape index (κ1) is 10.9. The van der Waals surface area contributed by atoms with E-state index in [9.17, 15) is 9.18 Å². The molecular formula is C12H7FN2O2. The van der Waals surface area contributed by atoms with Crippen LogP contribution in [0.5, 0.6) is 0 Å². The van der Waals surface area contributed by atoms with Gasteiger partial charge in [-0.25, -0.2) is 9.18 Å². The van der Waals surface area contributed by atoms with E-state index in [-0.39, 0.29) is 5.56 Å². The smallest absolute Gasteiger partial charge is 0.328 e. The second-order valence-electron chi connectivity index (χ2n) is 3.41. The van der Waals surface area contributed by atoms with E-state index >= 15 is 0 Å². The standard InChI is InChI=1S/C12H7FN2O2/c13-10-4-9-7(1-2-12(16)17)6-15-11(9)3-8(10)5-14/h1-4,6,15H,(H,16,17). The van der Waals surface area contributed by atoms with E-state index in [1.165, 1.54) is 18.2 Å². The third kappa shape index (κ3) is 2.01. The summed E-state index contributed by atoms with van der Waals surface area (Å²) in [4.78, 5) is 13.2. The second-order valence-corrected chi connectivity index (χ2v) is 3.41. The summed E-state index contributed by atoms with van der Waals surface area (Å²) in [6, 6.07) is 4.35. The Labute approximate surface area is 95.6 Å². The summed E-state index contributed by atoms with van der Waals surface area (Å²) in [5, 5.41) is 17.7. The van der Waals surface area contributed by atoms with Gasteiger partial charge in [-0.05, 0) is 18.2 Å². The summed E-state index contributed by atoms with van der Waals surface area (Å²) >= 11 is 0. The van der Waals surface area contributed by atoms with E-state index in [1.807, 2.05) is 0 Å². The molecule has 0 atom stereocenters. The molecule has 2 N–H and O–H groups in total. The first-order valence-electron chi connectivity index (χ1n) is 4.73. The van der Waals surface area contributed by atoms with Crippen LogP contribution in [0.2, 0.25) is 0 Å². The van der Waals surface area contributed by atoms with Crippen LogP contribution in [0.4, 0.5) is 4.39 Å². The average Bonchev–Trinajstić information content (AvgIpc) is 2.67. The molecule has 0 aliphatic heterocycles. The molecule has 0 aliphatic carbocycles. The molecule has 0 radical (unpaired) electrons. The number of aromatic nitrogens is 1. The molecule has 17 heavy (non-hydrogen) atoms. The molecule has 5 heteroatoms. The highest BCUT2D eigenvalue weighted by Crippen LogP contribution is 2.22. The number of fused-ring (bicyclic) bond motifs is 1. The van der Waals surface area contributed by atoms with Crippen LogP contribution in [-0.4, -0.2) is 16.1 Å². The number of H-pyrrole nitrogens is 1. The van der Waals surface area contributed by atoms with Crippen LogP contribution in [-0.2, 0) is 4.79 Å². The highest BCUT2D eigenvalue weighted by atomic mass is 19.1. The Kier molecular flexibility index (Phi) is 2.63. The van der Waals surface area contributed by atoms with Gasteiger partial charge >= 0.3 is 5.97 Å². The Balaban J connectivity index is 2.59. The van der Waals surface area contributed by atoms with Gasteiger partial charge in [-0.2, -0.15) is 5.26 Å². The maximum atomic E-state index is 13.4. The first-order chi connectivity index (χ1) is 8.11. The molecule has 0 unspecified atom stereocenters. The largest absolute Gasteiger partial charge is 0.478 e. The number of hydrogen-bond donors (Lipinski definition) is 2. The number of hydrogen-bond acceptors (Lipinski definition) is 2. The average molecular weight is 230 g/mol. The van der Waals surface area contributed by atoms with Crippen LogP contribution in [0.15, 0.2) is 24.4 Å². The Hall–Kier alpha value is -2.61. The Bertz CT molecular complexity index is 665. The summed E-state index contributed by atoms with van der Waals surface area (Å²) in [6.07, 6.45) is 3.90. The summed E-state index contributed by atoms with van der Waals surface area (Å²) in [5.41, 5.74) is 1.10. The number of nitrogens with one attached hydrogen (secondary N) is 1. The molecular weight excluding hydrogens is 223 g/mol. The van der Waals surface area contributed by atoms with Crippen LogP contribution in [0.3, 0.4) is 0 Å². The van der Waals surface area contributed by atoms with E-state index in [1.54, 1.807) is 12.3 Å². The zero-order chi connectivity index (χ0) is 12.4. The first-order valence-corrected chi connectivity index (χ1v) is 4.73. The molecule has 4 nitrogen and oxygen atoms in total. The molecule has 0 bridgehead atoms. The number of halogens is 1. The molecule has 1 aromatic carbocycles. The molecule has 0 spiro atoms. The van der Waals surface area contributed by atoms with E-state index in [4.69, 9.17) is 10.4 Å². The zero-order valence-corrected chi connectivity index (χ0v) is 8.57. The van der Waals surface area contributed by atoms with Crippen molar-refractivity contribution in [1.29, 1.82) is 5.26 Å². The number of carbonyl (C=O) groups is 1. The van der Waals surface area contributed by atoms with Crippen molar-refractivity contribution in [2.75, 3.05) is 0 Å². The third-order valence-corrected chi connectivity index (χ3v) is 2.33. The number of rotatable bonds is 2. The summed E-state index contributed by atoms with van der Waals surface area (Å²) < 4.78 is 13.4. The van der Waals surface area contributed by atoms with Crippen LogP contribution in [0, 0.1) is 17.1 Å². The maximum Gasteiger partial charge on any atom is 0.328 e. The highest BCUT2D eigenvalue weighted by molar-refractivity contribution is 5.93. The highest BCUT2D eigenvalue weighted by Gasteiger charge is 2.07. The fraction of sp³-hybridized carbons (Fsp3) is 0. The summed E-state index contributed by atoms with van der Waals surface area (Å²) in [7, 11) is 0. The molecule has 0 amide bonds. The van der Waals surface area contributed by atoms with Crippen molar-refractivity contribution in [2.45, 2.75) is 0 Å². The molecule has 0 fully saturated rings. The fourth-order valence-electron chi connectivity index (χ4n) is 1.55. The number of carboxylic acids is 1. The minimum absolute atomic E-state index is 0.0480. The normalized spacial score (nSPS) is 10.8. The number of carboxylic acid groups (broad SMARTS) is 1. The van der Waals surface area contributed by atoms with Crippen LogP contribution >= 0.6 is 0 Å². The maximum absolute atomic E-state index is 13.4. The van der Waals surface area contributed by atoms with E-state index in [0.29, 0.717) is 16.5 Å². The van der Waals surface area contributed by atoms with Gasteiger partial charge in [-0.3, -0.25) is 0 Å². The van der Waals surface area contributed by atoms with Gasteiger partial charge in [0.2, 0.25) is 0 Å². The number of benzene rings is 1. The zero-order valence-electron chi connectivity index (χ0n) is 8.57. The number of aromatic amines is 1. The van der Waals surface area contributed by atoms with Gasteiger partial charge in [0.25, 0.3) is 0 Å². The van der Waals surface area contributed by atoms with Crippen molar-refractivity contribution < 1.29 is 14.3 Å². The molecule has 0 saturated carbocycles. The van der Waals surface area contributed by atoms with Crippen molar-refractivity contribution in [3.63, 3.8) is 0 Å². The number of nitrogens with zero attached hydrogens (tertiary/aromatic N) is 1. The SMILES string of the molecule is N#Cc1cc2[nH]cc(C=CC(=O)O)c2cc1F. The van der Waals surface area contributed by atoms with E-state index < -0.39 is 11.8 Å². The van der Waals surface area contributed by atoms with Crippen LogP contribution in [0.25, 0.3) is 17.0 Å². The van der Waals surface area contributed by atoms with Gasteiger partial charge in [0, 0.05) is 28.7 Å². The third-order valence-electron chi connectivity index (χ3n) is 2.33. The molecule has 2 aromatic rings. The predicted octanol–water partition coefficient (Wildman–Crippen LogP) is 2.28. The van der Waals surface area contributed by atoms with Gasteiger partial charge in [-0.1, -0.05) is 0 Å². The molecule has 2 rings (SSSR count). The molecule has 0 saturated heterocycles. The van der Waals surface area contributed by atoms with Gasteiger partial charge < -0.3 is 10.1 Å². The lowest BCUT2D eigenvalue weighted by molar-refractivity contribution is -0.131. The van der Waals surface area contributed by atoms with Gasteiger partial charge in [0.05, 0.1) is 5.56 Å².